The fourth-order valence-electron chi connectivity index (χ4n) is 0. The van der Waals surface area contributed by atoms with E-state index in [0.29, 0.717) is 0 Å². The van der Waals surface area contributed by atoms with Crippen molar-refractivity contribution < 1.29 is 13.2 Å². The van der Waals surface area contributed by atoms with E-state index in [1.54, 1.807) is 0 Å². The standard InChI is InChI=1S/CClF3.ClH/c2-1(3,4)5;/h;1H. The summed E-state index contributed by atoms with van der Waals surface area (Å²) in [5.41, 5.74) is -4.53. The maximum Gasteiger partial charge on any atom is 0.475 e. The van der Waals surface area contributed by atoms with Gasteiger partial charge in [-0.3, -0.25) is 0 Å². The van der Waals surface area contributed by atoms with Crippen molar-refractivity contribution in [3.05, 3.63) is 0 Å². The van der Waals surface area contributed by atoms with Crippen LogP contribution in [0.2, 0.25) is 0 Å². The predicted octanol–water partition coefficient (Wildman–Crippen LogP) is 2.17. The Hall–Kier alpha value is 0.370. The summed E-state index contributed by atoms with van der Waals surface area (Å²) in [4.78, 5) is 0. The van der Waals surface area contributed by atoms with Gasteiger partial charge in [0.25, 0.3) is 0 Å². The van der Waals surface area contributed by atoms with E-state index in [4.69, 9.17) is 0 Å². The van der Waals surface area contributed by atoms with E-state index >= 15 is 0 Å². The van der Waals surface area contributed by atoms with Gasteiger partial charge in [-0.25, -0.2) is 0 Å². The number of rotatable bonds is 0. The summed E-state index contributed by atoms with van der Waals surface area (Å²) >= 11 is 3.53. The van der Waals surface area contributed by atoms with E-state index in [9.17, 15) is 13.2 Å². The second-order valence-corrected chi connectivity index (χ2v) is 0.857. The van der Waals surface area contributed by atoms with Gasteiger partial charge in [0.05, 0.1) is 0 Å². The molecule has 0 fully saturated rings. The second kappa shape index (κ2) is 2.53. The minimum Gasteiger partial charge on any atom is -0.156 e. The van der Waals surface area contributed by atoms with Gasteiger partial charge in [0.1, 0.15) is 0 Å². The van der Waals surface area contributed by atoms with Crippen LogP contribution in [0.4, 0.5) is 13.2 Å². The molecule has 0 rings (SSSR count). The number of hydrogen-bond acceptors (Lipinski definition) is 0. The van der Waals surface area contributed by atoms with Crippen LogP contribution in [0.3, 0.4) is 0 Å². The van der Waals surface area contributed by atoms with Crippen LogP contribution in [0.5, 0.6) is 0 Å². The van der Waals surface area contributed by atoms with Crippen molar-refractivity contribution in [2.24, 2.45) is 0 Å². The summed E-state index contributed by atoms with van der Waals surface area (Å²) in [6.45, 7) is 0. The third kappa shape index (κ3) is 363. The zero-order valence-electron chi connectivity index (χ0n) is 2.42. The molecule has 40 valence electrons. The van der Waals surface area contributed by atoms with Crippen LogP contribution in [0.15, 0.2) is 0 Å². The van der Waals surface area contributed by atoms with Crippen molar-refractivity contribution in [2.45, 2.75) is 5.64 Å². The Morgan fingerprint density at radius 3 is 1.17 bits per heavy atom. The lowest BCUT2D eigenvalue weighted by Gasteiger charge is -1.84. The first-order chi connectivity index (χ1) is 2.00. The molecule has 0 heterocycles. The van der Waals surface area contributed by atoms with Gasteiger partial charge < -0.3 is 0 Å². The second-order valence-electron chi connectivity index (χ2n) is 0.429. The summed E-state index contributed by atoms with van der Waals surface area (Å²) in [5.74, 6) is 0. The highest BCUT2D eigenvalue weighted by atomic mass is 35.5. The molecule has 0 aromatic rings. The maximum atomic E-state index is 10.1. The van der Waals surface area contributed by atoms with Gasteiger partial charge >= 0.3 is 5.64 Å². The van der Waals surface area contributed by atoms with Gasteiger partial charge in [-0.15, -0.1) is 12.4 Å². The molecule has 0 saturated carbocycles. The first-order valence-electron chi connectivity index (χ1n) is 0.756. The Bertz CT molecular complexity index is 24.3. The van der Waals surface area contributed by atoms with E-state index in [-0.39, 0.29) is 12.4 Å². The third-order valence-electron chi connectivity index (χ3n) is 0. The van der Waals surface area contributed by atoms with Gasteiger partial charge in [-0.2, -0.15) is 13.2 Å². The van der Waals surface area contributed by atoms with E-state index in [1.807, 2.05) is 0 Å². The molecular formula is CHCl2F3. The highest BCUT2D eigenvalue weighted by molar-refractivity contribution is 6.20. The molecule has 0 nitrogen and oxygen atoms in total. The van der Waals surface area contributed by atoms with Crippen LogP contribution in [-0.2, 0) is 0 Å². The van der Waals surface area contributed by atoms with Crippen molar-refractivity contribution in [3.8, 4) is 0 Å². The molecule has 6 heavy (non-hydrogen) atoms. The van der Waals surface area contributed by atoms with Crippen LogP contribution in [0, 0.1) is 0 Å². The fourth-order valence-corrected chi connectivity index (χ4v) is 0. The minimum absolute atomic E-state index is 0. The van der Waals surface area contributed by atoms with Gasteiger partial charge in [0, 0.05) is 0 Å². The zero-order chi connectivity index (χ0) is 4.50. The monoisotopic (exact) mass is 140 g/mol. The Kier molecular flexibility index (Phi) is 4.05. The van der Waals surface area contributed by atoms with Crippen LogP contribution in [0.25, 0.3) is 0 Å². The summed E-state index contributed by atoms with van der Waals surface area (Å²) < 4.78 is 30.4. The molecule has 0 aliphatic heterocycles. The molecule has 0 bridgehead atoms. The van der Waals surface area contributed by atoms with Crippen molar-refractivity contribution >= 4 is 24.0 Å². The molecule has 0 aromatic carbocycles. The lowest BCUT2D eigenvalue weighted by atomic mass is 11.6. The number of hydrogen-bond donors (Lipinski definition) is 0. The lowest BCUT2D eigenvalue weighted by molar-refractivity contribution is -0.0420. The Morgan fingerprint density at radius 1 is 1.17 bits per heavy atom. The zero-order valence-corrected chi connectivity index (χ0v) is 3.99. The molecule has 0 amide bonds. The largest absolute Gasteiger partial charge is 0.475 e. The number of alkyl halides is 4. The van der Waals surface area contributed by atoms with Crippen molar-refractivity contribution in [1.29, 1.82) is 0 Å². The molecule has 0 spiro atoms. The van der Waals surface area contributed by atoms with E-state index < -0.39 is 5.64 Å². The molecule has 0 saturated heterocycles. The highest BCUT2D eigenvalue weighted by Gasteiger charge is 2.20. The Labute approximate surface area is 43.7 Å². The molecule has 0 aliphatic carbocycles. The van der Waals surface area contributed by atoms with Crippen molar-refractivity contribution in [3.63, 3.8) is 0 Å². The van der Waals surface area contributed by atoms with E-state index in [0.717, 1.165) is 0 Å². The summed E-state index contributed by atoms with van der Waals surface area (Å²) in [6.07, 6.45) is 0. The van der Waals surface area contributed by atoms with Gasteiger partial charge in [0.2, 0.25) is 0 Å². The van der Waals surface area contributed by atoms with Crippen LogP contribution in [-0.4, -0.2) is 5.64 Å². The average Bonchev–Trinajstić information content (AvgIpc) is 0.722. The summed E-state index contributed by atoms with van der Waals surface area (Å²) in [6, 6.07) is 0. The molecule has 0 N–H and O–H groups in total. The third-order valence-corrected chi connectivity index (χ3v) is 0. The maximum absolute atomic E-state index is 10.1. The smallest absolute Gasteiger partial charge is 0.156 e. The van der Waals surface area contributed by atoms with Crippen molar-refractivity contribution in [1.82, 2.24) is 0 Å². The topological polar surface area (TPSA) is 0 Å². The first kappa shape index (κ1) is 9.62. The molecule has 0 unspecified atom stereocenters. The van der Waals surface area contributed by atoms with Gasteiger partial charge in [-0.05, 0) is 11.6 Å². The molecule has 0 aromatic heterocycles. The minimum atomic E-state index is -4.53. The normalized spacial score (nSPS) is 10.0. The molecular weight excluding hydrogens is 140 g/mol. The van der Waals surface area contributed by atoms with Crippen LogP contribution in [0.1, 0.15) is 0 Å². The van der Waals surface area contributed by atoms with E-state index in [2.05, 4.69) is 11.6 Å². The molecule has 5 heteroatoms. The molecule has 0 atom stereocenters. The Morgan fingerprint density at radius 2 is 1.17 bits per heavy atom. The van der Waals surface area contributed by atoms with Gasteiger partial charge in [-0.1, -0.05) is 0 Å². The SMILES string of the molecule is Cl.FC(F)(F)Cl. The molecule has 0 radical (unpaired) electrons. The van der Waals surface area contributed by atoms with Gasteiger partial charge in [0.15, 0.2) is 0 Å². The average molecular weight is 141 g/mol. The quantitative estimate of drug-likeness (QED) is 0.453. The highest BCUT2D eigenvalue weighted by Crippen LogP contribution is 2.18. The predicted molar refractivity (Wildman–Crippen MR) is 19.2 cm³/mol. The molecule has 0 aliphatic rings. The summed E-state index contributed by atoms with van der Waals surface area (Å²) in [7, 11) is 0. The van der Waals surface area contributed by atoms with Crippen molar-refractivity contribution in [2.75, 3.05) is 0 Å². The van der Waals surface area contributed by atoms with Crippen LogP contribution < -0.4 is 0 Å². The van der Waals surface area contributed by atoms with E-state index in [1.165, 1.54) is 0 Å². The first-order valence-corrected chi connectivity index (χ1v) is 1.13. The Balaban J connectivity index is 0. The fraction of sp³-hybridized carbons (Fsp3) is 1.00. The lowest BCUT2D eigenvalue weighted by Crippen LogP contribution is -1.89. The summed E-state index contributed by atoms with van der Waals surface area (Å²) in [5, 5.41) is 0. The number of halogens is 5. The van der Waals surface area contributed by atoms with Crippen LogP contribution >= 0.6 is 24.0 Å².